The number of nitroso groups, excluding NO2 is 1. The maximum atomic E-state index is 9.78. The van der Waals surface area contributed by atoms with Crippen molar-refractivity contribution in [2.24, 2.45) is 10.6 Å². The average molecular weight is 142 g/mol. The molecule has 0 aromatic carbocycles. The predicted molar refractivity (Wildman–Crippen MR) is 36.1 cm³/mol. The monoisotopic (exact) mass is 142 g/mol. The highest BCUT2D eigenvalue weighted by molar-refractivity contribution is 4.86. The molecule has 0 aromatic heterocycles. The van der Waals surface area contributed by atoms with E-state index in [1.54, 1.807) is 6.92 Å². The fourth-order valence-electron chi connectivity index (χ4n) is 0.509. The van der Waals surface area contributed by atoms with Gasteiger partial charge in [0, 0.05) is 11.8 Å². The number of rotatable bonds is 4. The van der Waals surface area contributed by atoms with Gasteiger partial charge in [0.1, 0.15) is 0 Å². The molecule has 0 aliphatic heterocycles. The van der Waals surface area contributed by atoms with E-state index in [4.69, 9.17) is 10.4 Å². The second-order valence-corrected chi connectivity index (χ2v) is 2.59. The van der Waals surface area contributed by atoms with E-state index in [2.05, 4.69) is 5.18 Å². The Bertz CT molecular complexity index is 152. The Kier molecular flexibility index (Phi) is 3.59. The van der Waals surface area contributed by atoms with Crippen molar-refractivity contribution in [1.82, 2.24) is 0 Å². The quantitative estimate of drug-likeness (QED) is 0.586. The molecule has 0 spiro atoms. The van der Waals surface area contributed by atoms with Gasteiger partial charge < -0.3 is 5.11 Å². The maximum absolute atomic E-state index is 9.78. The second kappa shape index (κ2) is 3.96. The molecule has 0 heterocycles. The summed E-state index contributed by atoms with van der Waals surface area (Å²) < 4.78 is 0. The Labute approximate surface area is 59.4 Å². The summed E-state index contributed by atoms with van der Waals surface area (Å²) in [5.74, 6) is 0. The number of hydrogen-bond donors (Lipinski definition) is 1. The lowest BCUT2D eigenvalue weighted by atomic mass is 9.89. The Morgan fingerprint density at radius 1 is 1.80 bits per heavy atom. The summed E-state index contributed by atoms with van der Waals surface area (Å²) in [7, 11) is 0. The molecule has 0 aromatic rings. The van der Waals surface area contributed by atoms with Crippen LogP contribution in [0.5, 0.6) is 0 Å². The molecule has 4 nitrogen and oxygen atoms in total. The third-order valence-electron chi connectivity index (χ3n) is 1.33. The molecule has 1 N–H and O–H groups in total. The first kappa shape index (κ1) is 9.05. The largest absolute Gasteiger partial charge is 0.396 e. The summed E-state index contributed by atoms with van der Waals surface area (Å²) in [6, 6.07) is 1.89. The molecule has 10 heavy (non-hydrogen) atoms. The third-order valence-corrected chi connectivity index (χ3v) is 1.33. The summed E-state index contributed by atoms with van der Waals surface area (Å²) in [5, 5.41) is 19.6. The summed E-state index contributed by atoms with van der Waals surface area (Å²) in [4.78, 5) is 9.78. The van der Waals surface area contributed by atoms with Gasteiger partial charge in [0.2, 0.25) is 0 Å². The van der Waals surface area contributed by atoms with Gasteiger partial charge in [-0.2, -0.15) is 10.2 Å². The zero-order valence-corrected chi connectivity index (χ0v) is 5.87. The van der Waals surface area contributed by atoms with Gasteiger partial charge in [-0.05, 0) is 0 Å². The molecule has 0 aliphatic rings. The fourth-order valence-corrected chi connectivity index (χ4v) is 0.509. The average Bonchev–Trinajstić information content (AvgIpc) is 1.89. The minimum atomic E-state index is -0.642. The molecule has 0 amide bonds. The molecule has 1 atom stereocenters. The van der Waals surface area contributed by atoms with E-state index in [1.807, 2.05) is 6.07 Å². The molecular weight excluding hydrogens is 132 g/mol. The molecule has 0 radical (unpaired) electrons. The van der Waals surface area contributed by atoms with Crippen molar-refractivity contribution in [3.63, 3.8) is 0 Å². The summed E-state index contributed by atoms with van der Waals surface area (Å²) >= 11 is 0. The van der Waals surface area contributed by atoms with Crippen molar-refractivity contribution in [1.29, 1.82) is 5.26 Å². The van der Waals surface area contributed by atoms with Crippen LogP contribution in [0.1, 0.15) is 13.3 Å². The van der Waals surface area contributed by atoms with Crippen molar-refractivity contribution < 1.29 is 5.11 Å². The van der Waals surface area contributed by atoms with Gasteiger partial charge in [0.25, 0.3) is 0 Å². The lowest BCUT2D eigenvalue weighted by Crippen LogP contribution is -2.24. The van der Waals surface area contributed by atoms with E-state index in [-0.39, 0.29) is 19.6 Å². The highest BCUT2D eigenvalue weighted by Gasteiger charge is 2.23. The summed E-state index contributed by atoms with van der Waals surface area (Å²) in [5.41, 5.74) is -0.642. The first-order valence-electron chi connectivity index (χ1n) is 2.95. The van der Waals surface area contributed by atoms with E-state index >= 15 is 0 Å². The number of hydrogen-bond acceptors (Lipinski definition) is 4. The summed E-state index contributed by atoms with van der Waals surface area (Å²) in [6.07, 6.45) is 0.162. The Balaban J connectivity index is 3.96. The zero-order valence-electron chi connectivity index (χ0n) is 5.87. The van der Waals surface area contributed by atoms with Crippen LogP contribution < -0.4 is 0 Å². The van der Waals surface area contributed by atoms with Crippen molar-refractivity contribution >= 4 is 0 Å². The molecule has 0 saturated heterocycles. The normalized spacial score (nSPS) is 15.3. The van der Waals surface area contributed by atoms with Crippen LogP contribution in [0.2, 0.25) is 0 Å². The Morgan fingerprint density at radius 2 is 2.40 bits per heavy atom. The number of aliphatic hydroxyl groups is 1. The lowest BCUT2D eigenvalue weighted by molar-refractivity contribution is 0.154. The van der Waals surface area contributed by atoms with Gasteiger partial charge in [0.05, 0.1) is 19.2 Å². The van der Waals surface area contributed by atoms with Crippen LogP contribution in [-0.2, 0) is 0 Å². The van der Waals surface area contributed by atoms with Crippen LogP contribution in [0.4, 0.5) is 0 Å². The summed E-state index contributed by atoms with van der Waals surface area (Å²) in [6.45, 7) is 1.47. The SMILES string of the molecule is CC(CO)(CC#N)CN=O. The van der Waals surface area contributed by atoms with Crippen molar-refractivity contribution in [3.05, 3.63) is 4.91 Å². The molecule has 0 aliphatic carbocycles. The van der Waals surface area contributed by atoms with Crippen LogP contribution in [-0.4, -0.2) is 18.3 Å². The number of nitriles is 1. The van der Waals surface area contributed by atoms with E-state index in [0.717, 1.165) is 0 Å². The third kappa shape index (κ3) is 2.55. The Hall–Kier alpha value is -0.950. The lowest BCUT2D eigenvalue weighted by Gasteiger charge is -2.18. The van der Waals surface area contributed by atoms with Crippen LogP contribution >= 0.6 is 0 Å². The number of aliphatic hydroxyl groups excluding tert-OH is 1. The van der Waals surface area contributed by atoms with Crippen molar-refractivity contribution in [2.75, 3.05) is 13.2 Å². The first-order valence-corrected chi connectivity index (χ1v) is 2.95. The van der Waals surface area contributed by atoms with E-state index in [1.165, 1.54) is 0 Å². The van der Waals surface area contributed by atoms with Gasteiger partial charge in [-0.25, -0.2) is 0 Å². The van der Waals surface area contributed by atoms with Crippen LogP contribution in [0.25, 0.3) is 0 Å². The van der Waals surface area contributed by atoms with Crippen molar-refractivity contribution in [3.8, 4) is 6.07 Å². The highest BCUT2D eigenvalue weighted by atomic mass is 16.3. The van der Waals surface area contributed by atoms with Gasteiger partial charge in [-0.3, -0.25) is 0 Å². The van der Waals surface area contributed by atoms with Gasteiger partial charge in [-0.15, -0.1) is 0 Å². The molecule has 0 saturated carbocycles. The standard InChI is InChI=1S/C6H10N2O2/c1-6(5-9,2-3-7)4-8-10/h9H,2,4-5H2,1H3. The molecule has 56 valence electrons. The van der Waals surface area contributed by atoms with Gasteiger partial charge in [-0.1, -0.05) is 12.1 Å². The van der Waals surface area contributed by atoms with Crippen LogP contribution in [0.15, 0.2) is 5.18 Å². The van der Waals surface area contributed by atoms with Gasteiger partial charge in [0.15, 0.2) is 0 Å². The first-order chi connectivity index (χ1) is 4.68. The minimum absolute atomic E-state index is 0.00292. The topological polar surface area (TPSA) is 73.4 Å². The molecule has 4 heteroatoms. The second-order valence-electron chi connectivity index (χ2n) is 2.59. The molecule has 0 fully saturated rings. The van der Waals surface area contributed by atoms with E-state index < -0.39 is 5.41 Å². The molecule has 0 rings (SSSR count). The van der Waals surface area contributed by atoms with Crippen LogP contribution in [0, 0.1) is 21.7 Å². The molecular formula is C6H10N2O2. The predicted octanol–water partition coefficient (Wildman–Crippen LogP) is 0.665. The maximum Gasteiger partial charge on any atom is 0.0896 e. The zero-order chi connectivity index (χ0) is 8.04. The van der Waals surface area contributed by atoms with E-state index in [9.17, 15) is 4.91 Å². The smallest absolute Gasteiger partial charge is 0.0896 e. The Morgan fingerprint density at radius 3 is 2.70 bits per heavy atom. The van der Waals surface area contributed by atoms with Gasteiger partial charge >= 0.3 is 0 Å². The minimum Gasteiger partial charge on any atom is -0.396 e. The number of nitrogens with zero attached hydrogens (tertiary/aromatic N) is 2. The molecule has 1 unspecified atom stereocenters. The fraction of sp³-hybridized carbons (Fsp3) is 0.833. The van der Waals surface area contributed by atoms with Crippen LogP contribution in [0.3, 0.4) is 0 Å². The molecule has 0 bridgehead atoms. The highest BCUT2D eigenvalue weighted by Crippen LogP contribution is 2.19. The van der Waals surface area contributed by atoms with E-state index in [0.29, 0.717) is 0 Å². The van der Waals surface area contributed by atoms with Crippen molar-refractivity contribution in [2.45, 2.75) is 13.3 Å².